The number of carboxylic acid groups (broad SMARTS) is 1. The van der Waals surface area contributed by atoms with Gasteiger partial charge < -0.3 is 10.4 Å². The van der Waals surface area contributed by atoms with Crippen molar-refractivity contribution in [1.82, 2.24) is 5.32 Å². The minimum absolute atomic E-state index is 0.0325. The number of rotatable bonds is 1. The van der Waals surface area contributed by atoms with Crippen molar-refractivity contribution in [2.24, 2.45) is 11.8 Å². The number of hydrogen-bond donors (Lipinski definition) is 2. The fourth-order valence-corrected chi connectivity index (χ4v) is 2.48. The summed E-state index contributed by atoms with van der Waals surface area (Å²) in [6.07, 6.45) is 2.36. The lowest BCUT2D eigenvalue weighted by Crippen LogP contribution is -2.37. The predicted octanol–water partition coefficient (Wildman–Crippen LogP) is 0.0282. The van der Waals surface area contributed by atoms with Crippen LogP contribution in [0.2, 0.25) is 0 Å². The standard InChI is InChI=1S/C9H13NO3/c11-7-3-1-2-5-6(7)4-10-8(5)9(12)13/h5-6,8,10H,1-4H2,(H,12,13)/t5-,6-,8-/m1/s1. The molecular weight excluding hydrogens is 170 g/mol. The Morgan fingerprint density at radius 1 is 1.54 bits per heavy atom. The smallest absolute Gasteiger partial charge is 0.321 e. The van der Waals surface area contributed by atoms with Crippen molar-refractivity contribution in [2.75, 3.05) is 6.54 Å². The second-order valence-corrected chi connectivity index (χ2v) is 3.85. The molecule has 2 aliphatic rings. The molecule has 0 radical (unpaired) electrons. The number of carbonyl (C=O) groups excluding carboxylic acids is 1. The summed E-state index contributed by atoms with van der Waals surface area (Å²) in [5.74, 6) is -0.566. The Kier molecular flexibility index (Phi) is 2.07. The van der Waals surface area contributed by atoms with Crippen LogP contribution < -0.4 is 5.32 Å². The first-order valence-electron chi connectivity index (χ1n) is 4.69. The van der Waals surface area contributed by atoms with E-state index in [1.165, 1.54) is 0 Å². The molecule has 4 nitrogen and oxygen atoms in total. The highest BCUT2D eigenvalue weighted by molar-refractivity contribution is 5.85. The molecule has 0 aromatic heterocycles. The van der Waals surface area contributed by atoms with Crippen molar-refractivity contribution < 1.29 is 14.7 Å². The molecule has 2 rings (SSSR count). The van der Waals surface area contributed by atoms with E-state index in [2.05, 4.69) is 5.32 Å². The van der Waals surface area contributed by atoms with Crippen LogP contribution in [0, 0.1) is 11.8 Å². The lowest BCUT2D eigenvalue weighted by Gasteiger charge is -2.24. The number of Topliss-reactive ketones (excluding diaryl/α,β-unsaturated/α-hetero) is 1. The van der Waals surface area contributed by atoms with Crippen LogP contribution >= 0.6 is 0 Å². The van der Waals surface area contributed by atoms with Crippen LogP contribution in [0.4, 0.5) is 0 Å². The largest absolute Gasteiger partial charge is 0.480 e. The zero-order chi connectivity index (χ0) is 9.42. The highest BCUT2D eigenvalue weighted by Crippen LogP contribution is 2.33. The molecule has 1 aliphatic heterocycles. The number of carboxylic acids is 1. The molecule has 1 heterocycles. The number of carbonyl (C=O) groups is 2. The maximum absolute atomic E-state index is 11.4. The number of hydrogen-bond acceptors (Lipinski definition) is 3. The molecule has 1 aliphatic carbocycles. The molecule has 72 valence electrons. The molecule has 1 saturated heterocycles. The first-order valence-corrected chi connectivity index (χ1v) is 4.69. The monoisotopic (exact) mass is 183 g/mol. The van der Waals surface area contributed by atoms with Crippen LogP contribution in [-0.2, 0) is 9.59 Å². The Morgan fingerprint density at radius 2 is 2.31 bits per heavy atom. The summed E-state index contributed by atoms with van der Waals surface area (Å²) in [4.78, 5) is 22.2. The molecule has 0 amide bonds. The molecular formula is C9H13NO3. The second-order valence-electron chi connectivity index (χ2n) is 3.85. The molecule has 2 fully saturated rings. The lowest BCUT2D eigenvalue weighted by molar-refractivity contribution is -0.140. The van der Waals surface area contributed by atoms with Crippen molar-refractivity contribution in [3.63, 3.8) is 0 Å². The van der Waals surface area contributed by atoms with Gasteiger partial charge in [-0.15, -0.1) is 0 Å². The molecule has 2 N–H and O–H groups in total. The van der Waals surface area contributed by atoms with E-state index in [0.717, 1.165) is 12.8 Å². The first-order chi connectivity index (χ1) is 6.20. The van der Waals surface area contributed by atoms with E-state index in [4.69, 9.17) is 5.11 Å². The number of aliphatic carboxylic acids is 1. The van der Waals surface area contributed by atoms with Gasteiger partial charge in [-0.2, -0.15) is 0 Å². The van der Waals surface area contributed by atoms with Gasteiger partial charge in [-0.3, -0.25) is 9.59 Å². The van der Waals surface area contributed by atoms with Crippen LogP contribution in [0.3, 0.4) is 0 Å². The maximum atomic E-state index is 11.4. The van der Waals surface area contributed by atoms with E-state index < -0.39 is 12.0 Å². The number of fused-ring (bicyclic) bond motifs is 1. The van der Waals surface area contributed by atoms with Gasteiger partial charge in [-0.25, -0.2) is 0 Å². The van der Waals surface area contributed by atoms with Crippen molar-refractivity contribution in [2.45, 2.75) is 25.3 Å². The average Bonchev–Trinajstić information content (AvgIpc) is 2.48. The number of nitrogens with one attached hydrogen (secondary N) is 1. The minimum atomic E-state index is -0.817. The highest BCUT2D eigenvalue weighted by Gasteiger charge is 2.44. The normalized spacial score (nSPS) is 38.8. The van der Waals surface area contributed by atoms with Crippen molar-refractivity contribution in [3.05, 3.63) is 0 Å². The van der Waals surface area contributed by atoms with Crippen molar-refractivity contribution in [3.8, 4) is 0 Å². The molecule has 0 spiro atoms. The Morgan fingerprint density at radius 3 is 3.00 bits per heavy atom. The van der Waals surface area contributed by atoms with Gasteiger partial charge in [0.05, 0.1) is 0 Å². The molecule has 13 heavy (non-hydrogen) atoms. The van der Waals surface area contributed by atoms with Crippen LogP contribution in [0.15, 0.2) is 0 Å². The topological polar surface area (TPSA) is 66.4 Å². The molecule has 0 unspecified atom stereocenters. The molecule has 1 saturated carbocycles. The van der Waals surface area contributed by atoms with Crippen LogP contribution in [0.25, 0.3) is 0 Å². The van der Waals surface area contributed by atoms with E-state index in [0.29, 0.717) is 13.0 Å². The molecule has 0 aromatic rings. The Labute approximate surface area is 76.3 Å². The maximum Gasteiger partial charge on any atom is 0.321 e. The van der Waals surface area contributed by atoms with E-state index in [1.54, 1.807) is 0 Å². The van der Waals surface area contributed by atoms with E-state index in [9.17, 15) is 9.59 Å². The van der Waals surface area contributed by atoms with Gasteiger partial charge in [-0.05, 0) is 18.8 Å². The quantitative estimate of drug-likeness (QED) is 0.601. The second kappa shape index (κ2) is 3.10. The Balaban J connectivity index is 2.14. The SMILES string of the molecule is O=C1CCC[C@@H]2[C@H]1CN[C@H]2C(=O)O. The van der Waals surface area contributed by atoms with Crippen LogP contribution in [-0.4, -0.2) is 29.4 Å². The molecule has 0 bridgehead atoms. The van der Waals surface area contributed by atoms with Crippen LogP contribution in [0.5, 0.6) is 0 Å². The third-order valence-corrected chi connectivity index (χ3v) is 3.14. The Bertz CT molecular complexity index is 245. The summed E-state index contributed by atoms with van der Waals surface area (Å²) in [5, 5.41) is 11.8. The molecule has 0 aromatic carbocycles. The summed E-state index contributed by atoms with van der Waals surface area (Å²) in [6.45, 7) is 0.556. The molecule has 4 heteroatoms. The Hall–Kier alpha value is -0.900. The zero-order valence-corrected chi connectivity index (χ0v) is 7.32. The van der Waals surface area contributed by atoms with E-state index in [1.807, 2.05) is 0 Å². The van der Waals surface area contributed by atoms with Gasteiger partial charge in [0, 0.05) is 18.9 Å². The highest BCUT2D eigenvalue weighted by atomic mass is 16.4. The average molecular weight is 183 g/mol. The predicted molar refractivity (Wildman–Crippen MR) is 45.3 cm³/mol. The van der Waals surface area contributed by atoms with Gasteiger partial charge in [0.15, 0.2) is 0 Å². The summed E-state index contributed by atoms with van der Waals surface area (Å²) >= 11 is 0. The molecule has 3 atom stereocenters. The van der Waals surface area contributed by atoms with Gasteiger partial charge in [0.1, 0.15) is 11.8 Å². The van der Waals surface area contributed by atoms with Crippen molar-refractivity contribution in [1.29, 1.82) is 0 Å². The fourth-order valence-electron chi connectivity index (χ4n) is 2.48. The fraction of sp³-hybridized carbons (Fsp3) is 0.778. The van der Waals surface area contributed by atoms with Gasteiger partial charge in [0.2, 0.25) is 0 Å². The number of ketones is 1. The summed E-state index contributed by atoms with van der Waals surface area (Å²) in [5.41, 5.74) is 0. The van der Waals surface area contributed by atoms with E-state index in [-0.39, 0.29) is 17.6 Å². The summed E-state index contributed by atoms with van der Waals surface area (Å²) in [7, 11) is 0. The zero-order valence-electron chi connectivity index (χ0n) is 7.32. The van der Waals surface area contributed by atoms with Crippen molar-refractivity contribution >= 4 is 11.8 Å². The van der Waals surface area contributed by atoms with Gasteiger partial charge >= 0.3 is 5.97 Å². The summed E-state index contributed by atoms with van der Waals surface area (Å²) < 4.78 is 0. The van der Waals surface area contributed by atoms with E-state index >= 15 is 0 Å². The summed E-state index contributed by atoms with van der Waals surface area (Å²) in [6, 6.07) is -0.491. The first kappa shape index (κ1) is 8.69. The lowest BCUT2D eigenvalue weighted by atomic mass is 9.78. The third kappa shape index (κ3) is 1.35. The minimum Gasteiger partial charge on any atom is -0.480 e. The third-order valence-electron chi connectivity index (χ3n) is 3.14. The van der Waals surface area contributed by atoms with Crippen LogP contribution in [0.1, 0.15) is 19.3 Å². The van der Waals surface area contributed by atoms with Gasteiger partial charge in [-0.1, -0.05) is 0 Å². The van der Waals surface area contributed by atoms with Gasteiger partial charge in [0.25, 0.3) is 0 Å².